The van der Waals surface area contributed by atoms with Crippen LogP contribution in [0, 0.1) is 0 Å². The molecule has 2 aromatic rings. The van der Waals surface area contributed by atoms with Crippen LogP contribution in [0.4, 0.5) is 47.3 Å². The number of nitrogen functional groups attached to an aromatic ring is 1. The quantitative estimate of drug-likeness (QED) is 0.263. The molecule has 3 fully saturated rings. The van der Waals surface area contributed by atoms with E-state index in [-0.39, 0.29) is 31.2 Å². The van der Waals surface area contributed by atoms with Crippen molar-refractivity contribution in [2.24, 2.45) is 0 Å². The van der Waals surface area contributed by atoms with Gasteiger partial charge in [-0.05, 0) is 80.8 Å². The van der Waals surface area contributed by atoms with Crippen LogP contribution in [0.3, 0.4) is 0 Å². The van der Waals surface area contributed by atoms with Gasteiger partial charge >= 0.3 is 24.5 Å². The Morgan fingerprint density at radius 3 is 2.06 bits per heavy atom. The second-order valence-corrected chi connectivity index (χ2v) is 14.4. The third kappa shape index (κ3) is 7.92. The predicted octanol–water partition coefficient (Wildman–Crippen LogP) is 6.40. The molecule has 1 atom stereocenters. The van der Waals surface area contributed by atoms with Gasteiger partial charge in [-0.1, -0.05) is 6.42 Å². The SMILES string of the molecule is Nc1c(C(F)(F)F)cc(C[C@@H](OC(=O)N2CCC(N3Cc4sccc4NC3=O)CC2)C(=O)N2CCC(N3CCCCC3)CC2)cc1C(F)(F)F. The number of alkyl halides is 6. The van der Waals surface area contributed by atoms with Crippen LogP contribution in [0.1, 0.15) is 66.5 Å². The lowest BCUT2D eigenvalue weighted by atomic mass is 9.96. The number of benzene rings is 1. The van der Waals surface area contributed by atoms with Gasteiger partial charge in [0.2, 0.25) is 0 Å². The van der Waals surface area contributed by atoms with E-state index in [0.29, 0.717) is 57.5 Å². The molecule has 17 heteroatoms. The maximum absolute atomic E-state index is 13.9. The topological polar surface area (TPSA) is 111 Å². The third-order valence-corrected chi connectivity index (χ3v) is 11.1. The Morgan fingerprint density at radius 2 is 1.46 bits per heavy atom. The smallest absolute Gasteiger partial charge is 0.418 e. The fourth-order valence-corrected chi connectivity index (χ4v) is 8.30. The van der Waals surface area contributed by atoms with E-state index in [4.69, 9.17) is 10.5 Å². The number of fused-ring (bicyclic) bond motifs is 1. The average molecular weight is 731 g/mol. The van der Waals surface area contributed by atoms with Crippen molar-refractivity contribution in [3.05, 3.63) is 45.1 Å². The van der Waals surface area contributed by atoms with Crippen LogP contribution in [-0.2, 0) is 34.8 Å². The fourth-order valence-electron chi connectivity index (χ4n) is 7.47. The van der Waals surface area contributed by atoms with Gasteiger partial charge in [0.05, 0.1) is 29.0 Å². The van der Waals surface area contributed by atoms with Crippen molar-refractivity contribution in [2.45, 2.75) is 88.5 Å². The van der Waals surface area contributed by atoms with Crippen molar-refractivity contribution in [1.82, 2.24) is 19.6 Å². The number of thiophene rings is 1. The first kappa shape index (κ1) is 36.1. The Bertz CT molecular complexity index is 1530. The van der Waals surface area contributed by atoms with Crippen LogP contribution in [0.5, 0.6) is 0 Å². The lowest BCUT2D eigenvalue weighted by Gasteiger charge is -2.41. The highest BCUT2D eigenvalue weighted by Gasteiger charge is 2.42. The molecule has 4 amide bonds. The molecule has 3 N–H and O–H groups in total. The highest BCUT2D eigenvalue weighted by molar-refractivity contribution is 7.10. The van der Waals surface area contributed by atoms with Gasteiger partial charge in [0.25, 0.3) is 5.91 Å². The zero-order valence-electron chi connectivity index (χ0n) is 27.3. The van der Waals surface area contributed by atoms with E-state index in [9.17, 15) is 40.7 Å². The van der Waals surface area contributed by atoms with Crippen LogP contribution in [0.2, 0.25) is 0 Å². The highest BCUT2D eigenvalue weighted by Crippen LogP contribution is 2.42. The molecule has 0 spiro atoms. The number of nitrogens with zero attached hydrogens (tertiary/aromatic N) is 4. The van der Waals surface area contributed by atoms with Crippen molar-refractivity contribution in [1.29, 1.82) is 0 Å². The summed E-state index contributed by atoms with van der Waals surface area (Å²) in [6.07, 6.45) is -8.23. The maximum atomic E-state index is 13.9. The molecule has 0 radical (unpaired) electrons. The number of likely N-dealkylation sites (tertiary alicyclic amines) is 3. The summed E-state index contributed by atoms with van der Waals surface area (Å²) in [6, 6.07) is 2.64. The number of carbonyl (C=O) groups is 3. The van der Waals surface area contributed by atoms with Crippen LogP contribution in [0.25, 0.3) is 0 Å². The van der Waals surface area contributed by atoms with Crippen molar-refractivity contribution in [3.8, 4) is 0 Å². The van der Waals surface area contributed by atoms with Crippen molar-refractivity contribution >= 4 is 40.7 Å². The number of piperidine rings is 3. The van der Waals surface area contributed by atoms with Gasteiger partial charge in [-0.3, -0.25) is 4.79 Å². The second kappa shape index (κ2) is 14.5. The third-order valence-electron chi connectivity index (χ3n) is 10.2. The molecule has 10 nitrogen and oxygen atoms in total. The molecular weight excluding hydrogens is 690 g/mol. The fraction of sp³-hybridized carbons (Fsp3) is 0.606. The average Bonchev–Trinajstić information content (AvgIpc) is 3.54. The number of amides is 4. The van der Waals surface area contributed by atoms with E-state index in [1.165, 1.54) is 27.6 Å². The first-order chi connectivity index (χ1) is 23.7. The Morgan fingerprint density at radius 1 is 0.880 bits per heavy atom. The maximum Gasteiger partial charge on any atom is 0.418 e. The van der Waals surface area contributed by atoms with E-state index in [2.05, 4.69) is 10.2 Å². The Kier molecular flexibility index (Phi) is 10.4. The molecule has 1 aromatic carbocycles. The van der Waals surface area contributed by atoms with Crippen LogP contribution >= 0.6 is 11.3 Å². The number of anilines is 2. The minimum Gasteiger partial charge on any atom is -0.436 e. The summed E-state index contributed by atoms with van der Waals surface area (Å²) in [7, 11) is 0. The second-order valence-electron chi connectivity index (χ2n) is 13.4. The molecule has 1 aromatic heterocycles. The summed E-state index contributed by atoms with van der Waals surface area (Å²) in [6.45, 7) is 3.33. The number of nitrogens with one attached hydrogen (secondary N) is 1. The molecule has 0 bridgehead atoms. The molecule has 4 aliphatic heterocycles. The number of halogens is 6. The molecule has 0 saturated carbocycles. The highest BCUT2D eigenvalue weighted by atomic mass is 32.1. The molecule has 5 heterocycles. The number of carbonyl (C=O) groups excluding carboxylic acids is 3. The number of nitrogens with two attached hydrogens (primary N) is 1. The van der Waals surface area contributed by atoms with E-state index in [1.807, 2.05) is 11.4 Å². The summed E-state index contributed by atoms with van der Waals surface area (Å²) in [5, 5.41) is 4.75. The number of hydrogen-bond acceptors (Lipinski definition) is 7. The number of ether oxygens (including phenoxy) is 1. The monoisotopic (exact) mass is 730 g/mol. The minimum atomic E-state index is -5.20. The molecule has 4 aliphatic rings. The summed E-state index contributed by atoms with van der Waals surface area (Å²) in [5.41, 5.74) is 0.796. The van der Waals surface area contributed by atoms with Crippen molar-refractivity contribution < 1.29 is 45.5 Å². The minimum absolute atomic E-state index is 0.172. The van der Waals surface area contributed by atoms with Gasteiger partial charge in [0.15, 0.2) is 6.10 Å². The van der Waals surface area contributed by atoms with Crippen molar-refractivity contribution in [3.63, 3.8) is 0 Å². The van der Waals surface area contributed by atoms with Gasteiger partial charge < -0.3 is 35.4 Å². The van der Waals surface area contributed by atoms with Gasteiger partial charge in [-0.2, -0.15) is 26.3 Å². The van der Waals surface area contributed by atoms with Gasteiger partial charge in [-0.15, -0.1) is 11.3 Å². The summed E-state index contributed by atoms with van der Waals surface area (Å²) in [5.74, 6) is -0.680. The van der Waals surface area contributed by atoms with Gasteiger partial charge in [0, 0.05) is 49.6 Å². The molecule has 6 rings (SSSR count). The van der Waals surface area contributed by atoms with Gasteiger partial charge in [-0.25, -0.2) is 9.59 Å². The van der Waals surface area contributed by atoms with Crippen LogP contribution in [0.15, 0.2) is 23.6 Å². The molecular formula is C33H40F6N6O4S. The summed E-state index contributed by atoms with van der Waals surface area (Å²) < 4.78 is 88.6. The number of rotatable bonds is 6. The van der Waals surface area contributed by atoms with E-state index in [0.717, 1.165) is 36.5 Å². The van der Waals surface area contributed by atoms with Gasteiger partial charge in [0.1, 0.15) is 0 Å². The molecule has 274 valence electrons. The number of urea groups is 1. The Balaban J connectivity index is 1.18. The largest absolute Gasteiger partial charge is 0.436 e. The molecule has 0 unspecified atom stereocenters. The normalized spacial score (nSPS) is 20.8. The van der Waals surface area contributed by atoms with Crippen LogP contribution < -0.4 is 11.1 Å². The molecule has 0 aliphatic carbocycles. The predicted molar refractivity (Wildman–Crippen MR) is 173 cm³/mol. The Hall–Kier alpha value is -3.73. The first-order valence-electron chi connectivity index (χ1n) is 16.9. The molecule has 50 heavy (non-hydrogen) atoms. The lowest BCUT2D eigenvalue weighted by Crippen LogP contribution is -2.53. The Labute approximate surface area is 289 Å². The zero-order valence-corrected chi connectivity index (χ0v) is 28.1. The lowest BCUT2D eigenvalue weighted by molar-refractivity contribution is -0.142. The van der Waals surface area contributed by atoms with Crippen molar-refractivity contribution in [2.75, 3.05) is 50.3 Å². The summed E-state index contributed by atoms with van der Waals surface area (Å²) >= 11 is 1.52. The van der Waals surface area contributed by atoms with E-state index >= 15 is 0 Å². The van der Waals surface area contributed by atoms with Crippen LogP contribution in [-0.4, -0.2) is 95.1 Å². The van der Waals surface area contributed by atoms with E-state index in [1.54, 1.807) is 4.90 Å². The van der Waals surface area contributed by atoms with E-state index < -0.39 is 59.3 Å². The standard InChI is InChI=1S/C33H40F6N6O4S/c34-32(35,36)23-16-20(17-24(28(23)40)33(37,38)39)18-26(29(46)43-11-4-21(5-12-43)42-9-2-1-3-10-42)49-31(48)44-13-6-22(7-14-44)45-19-27-25(8-15-50-27)41-30(45)47/h8,15-17,21-22,26H,1-7,9-14,18-19,40H2,(H,41,47)/t26-/m1/s1. The summed E-state index contributed by atoms with van der Waals surface area (Å²) in [4.78, 5) is 48.1. The molecule has 3 saturated heterocycles. The first-order valence-corrected chi connectivity index (χ1v) is 17.8. The number of hydrogen-bond donors (Lipinski definition) is 2. The zero-order chi connectivity index (χ0) is 35.8.